The van der Waals surface area contributed by atoms with E-state index in [0.29, 0.717) is 23.4 Å². The minimum Gasteiger partial charge on any atom is -0.480 e. The predicted octanol–water partition coefficient (Wildman–Crippen LogP) is 4.15. The Bertz CT molecular complexity index is 653. The fraction of sp³-hybridized carbons (Fsp3) is 0.278. The van der Waals surface area contributed by atoms with E-state index in [0.717, 1.165) is 12.0 Å². The van der Waals surface area contributed by atoms with E-state index in [2.05, 4.69) is 0 Å². The number of hydrogen-bond acceptors (Lipinski definition) is 3. The minimum atomic E-state index is -0.625. The van der Waals surface area contributed by atoms with Gasteiger partial charge in [-0.1, -0.05) is 19.4 Å². The van der Waals surface area contributed by atoms with Gasteiger partial charge in [0, 0.05) is 5.56 Å². The molecule has 0 fully saturated rings. The van der Waals surface area contributed by atoms with Crippen LogP contribution in [-0.2, 0) is 0 Å². The summed E-state index contributed by atoms with van der Waals surface area (Å²) in [5.74, 6) is -0.0337. The molecular formula is C18H20FNO2. The number of benzene rings is 2. The molecule has 0 radical (unpaired) electrons. The van der Waals surface area contributed by atoms with Gasteiger partial charge in [-0.25, -0.2) is 4.39 Å². The van der Waals surface area contributed by atoms with E-state index in [-0.39, 0.29) is 11.6 Å². The molecule has 0 heterocycles. The summed E-state index contributed by atoms with van der Waals surface area (Å²) in [5, 5.41) is 0. The normalized spacial score (nSPS) is 12.0. The van der Waals surface area contributed by atoms with Crippen LogP contribution in [0.5, 0.6) is 5.75 Å². The second-order valence-corrected chi connectivity index (χ2v) is 5.31. The molecule has 0 saturated heterocycles. The van der Waals surface area contributed by atoms with Crippen LogP contribution >= 0.6 is 0 Å². The lowest BCUT2D eigenvalue weighted by Crippen LogP contribution is -2.27. The Morgan fingerprint density at radius 3 is 2.50 bits per heavy atom. The Labute approximate surface area is 129 Å². The molecule has 0 amide bonds. The van der Waals surface area contributed by atoms with Crippen LogP contribution in [0.25, 0.3) is 0 Å². The first kappa shape index (κ1) is 16.0. The molecule has 0 aliphatic heterocycles. The smallest absolute Gasteiger partial charge is 0.203 e. The highest BCUT2D eigenvalue weighted by Gasteiger charge is 2.22. The molecule has 0 aromatic heterocycles. The lowest BCUT2D eigenvalue weighted by molar-refractivity contribution is 0.0778. The van der Waals surface area contributed by atoms with Crippen LogP contribution in [0.1, 0.15) is 35.7 Å². The molecule has 0 aliphatic carbocycles. The molecule has 0 aliphatic rings. The number of nitrogen functional groups attached to an aromatic ring is 1. The number of Topliss-reactive ketones (excluding diaryl/α,β-unsaturated/α-hetero) is 1. The fourth-order valence-electron chi connectivity index (χ4n) is 2.23. The molecule has 2 aromatic rings. The molecule has 0 spiro atoms. The van der Waals surface area contributed by atoms with Gasteiger partial charge in [-0.2, -0.15) is 0 Å². The highest BCUT2D eigenvalue weighted by atomic mass is 19.1. The monoisotopic (exact) mass is 301 g/mol. The minimum absolute atomic E-state index is 0.165. The van der Waals surface area contributed by atoms with Crippen molar-refractivity contribution in [1.82, 2.24) is 0 Å². The summed E-state index contributed by atoms with van der Waals surface area (Å²) in [6, 6.07) is 11.0. The maximum atomic E-state index is 13.0. The highest BCUT2D eigenvalue weighted by Crippen LogP contribution is 2.25. The largest absolute Gasteiger partial charge is 0.480 e. The predicted molar refractivity (Wildman–Crippen MR) is 85.6 cm³/mol. The number of anilines is 1. The van der Waals surface area contributed by atoms with E-state index in [1.807, 2.05) is 19.9 Å². The van der Waals surface area contributed by atoms with E-state index >= 15 is 0 Å². The zero-order valence-corrected chi connectivity index (χ0v) is 12.8. The molecule has 0 bridgehead atoms. The number of ether oxygens (including phenoxy) is 1. The summed E-state index contributed by atoms with van der Waals surface area (Å²) < 4.78 is 18.8. The van der Waals surface area contributed by atoms with Crippen LogP contribution in [-0.4, -0.2) is 11.9 Å². The molecular weight excluding hydrogens is 281 g/mol. The van der Waals surface area contributed by atoms with Crippen LogP contribution in [0.4, 0.5) is 10.1 Å². The summed E-state index contributed by atoms with van der Waals surface area (Å²) in [6.07, 6.45) is 0.743. The van der Waals surface area contributed by atoms with Gasteiger partial charge >= 0.3 is 0 Å². The molecule has 2 aromatic carbocycles. The van der Waals surface area contributed by atoms with Crippen LogP contribution in [0.15, 0.2) is 42.5 Å². The average Bonchev–Trinajstić information content (AvgIpc) is 2.49. The van der Waals surface area contributed by atoms with Crippen LogP contribution in [0.3, 0.4) is 0 Å². The van der Waals surface area contributed by atoms with Crippen molar-refractivity contribution in [3.63, 3.8) is 0 Å². The first-order chi connectivity index (χ1) is 10.5. The van der Waals surface area contributed by atoms with Crippen molar-refractivity contribution in [1.29, 1.82) is 0 Å². The lowest BCUT2D eigenvalue weighted by Gasteiger charge is -2.19. The van der Waals surface area contributed by atoms with Gasteiger partial charge in [0.1, 0.15) is 11.6 Å². The second kappa shape index (κ2) is 7.07. The third-order valence-corrected chi connectivity index (χ3v) is 3.41. The third-order valence-electron chi connectivity index (χ3n) is 3.41. The summed E-state index contributed by atoms with van der Waals surface area (Å²) in [7, 11) is 0. The van der Waals surface area contributed by atoms with Crippen molar-refractivity contribution in [3.8, 4) is 5.75 Å². The molecule has 1 unspecified atom stereocenters. The second-order valence-electron chi connectivity index (χ2n) is 5.31. The first-order valence-corrected chi connectivity index (χ1v) is 7.34. The molecule has 116 valence electrons. The Hall–Kier alpha value is -2.36. The molecule has 4 heteroatoms. The Balaban J connectivity index is 2.22. The number of hydrogen-bond donors (Lipinski definition) is 1. The van der Waals surface area contributed by atoms with Crippen LogP contribution in [0, 0.1) is 12.7 Å². The number of rotatable bonds is 6. The fourth-order valence-corrected chi connectivity index (χ4v) is 2.23. The molecule has 2 rings (SSSR count). The summed E-state index contributed by atoms with van der Waals surface area (Å²) in [6.45, 7) is 3.92. The standard InChI is InChI=1S/C18H20FNO2/c1-3-4-17(18(21)13-6-8-14(19)9-7-13)22-16-10-5-12(2)11-15(16)20/h5-11,17H,3-4,20H2,1-2H3. The van der Waals surface area contributed by atoms with Gasteiger partial charge in [0.05, 0.1) is 5.69 Å². The zero-order valence-electron chi connectivity index (χ0n) is 12.8. The Morgan fingerprint density at radius 1 is 1.23 bits per heavy atom. The van der Waals surface area contributed by atoms with E-state index < -0.39 is 6.10 Å². The Kier molecular flexibility index (Phi) is 5.15. The molecule has 1 atom stereocenters. The maximum absolute atomic E-state index is 13.0. The van der Waals surface area contributed by atoms with Gasteiger partial charge in [0.15, 0.2) is 6.10 Å². The van der Waals surface area contributed by atoms with Gasteiger partial charge in [-0.15, -0.1) is 0 Å². The van der Waals surface area contributed by atoms with Gasteiger partial charge in [-0.3, -0.25) is 4.79 Å². The van der Waals surface area contributed by atoms with E-state index in [9.17, 15) is 9.18 Å². The summed E-state index contributed by atoms with van der Waals surface area (Å²) >= 11 is 0. The quantitative estimate of drug-likeness (QED) is 0.644. The van der Waals surface area contributed by atoms with Crippen LogP contribution in [0.2, 0.25) is 0 Å². The van der Waals surface area contributed by atoms with Crippen molar-refractivity contribution in [2.24, 2.45) is 0 Å². The first-order valence-electron chi connectivity index (χ1n) is 7.34. The highest BCUT2D eigenvalue weighted by molar-refractivity contribution is 5.99. The van der Waals surface area contributed by atoms with Gasteiger partial charge in [0.2, 0.25) is 5.78 Å². The topological polar surface area (TPSA) is 52.3 Å². The average molecular weight is 301 g/mol. The molecule has 2 N–H and O–H groups in total. The van der Waals surface area contributed by atoms with Crippen molar-refractivity contribution < 1.29 is 13.9 Å². The van der Waals surface area contributed by atoms with Crippen molar-refractivity contribution in [2.75, 3.05) is 5.73 Å². The summed E-state index contributed by atoms with van der Waals surface area (Å²) in [5.41, 5.74) is 7.91. The number of carbonyl (C=O) groups excluding carboxylic acids is 1. The zero-order chi connectivity index (χ0) is 16.1. The lowest BCUT2D eigenvalue weighted by atomic mass is 10.0. The number of halogens is 1. The Morgan fingerprint density at radius 2 is 1.91 bits per heavy atom. The van der Waals surface area contributed by atoms with Gasteiger partial charge in [0.25, 0.3) is 0 Å². The number of ketones is 1. The molecule has 0 saturated carbocycles. The summed E-state index contributed by atoms with van der Waals surface area (Å²) in [4.78, 5) is 12.5. The molecule has 3 nitrogen and oxygen atoms in total. The van der Waals surface area contributed by atoms with Gasteiger partial charge in [-0.05, 0) is 55.3 Å². The van der Waals surface area contributed by atoms with Crippen molar-refractivity contribution in [2.45, 2.75) is 32.8 Å². The van der Waals surface area contributed by atoms with Gasteiger partial charge < -0.3 is 10.5 Å². The van der Waals surface area contributed by atoms with Crippen molar-refractivity contribution in [3.05, 3.63) is 59.4 Å². The number of carbonyl (C=O) groups is 1. The van der Waals surface area contributed by atoms with E-state index in [1.165, 1.54) is 24.3 Å². The third kappa shape index (κ3) is 3.85. The molecule has 22 heavy (non-hydrogen) atoms. The van der Waals surface area contributed by atoms with Crippen molar-refractivity contribution >= 4 is 11.5 Å². The number of nitrogens with two attached hydrogens (primary N) is 1. The SMILES string of the molecule is CCCC(Oc1ccc(C)cc1N)C(=O)c1ccc(F)cc1. The maximum Gasteiger partial charge on any atom is 0.203 e. The number of aryl methyl sites for hydroxylation is 1. The van der Waals surface area contributed by atoms with E-state index in [4.69, 9.17) is 10.5 Å². The van der Waals surface area contributed by atoms with E-state index in [1.54, 1.807) is 12.1 Å². The van der Waals surface area contributed by atoms with Crippen LogP contribution < -0.4 is 10.5 Å².